The second kappa shape index (κ2) is 11.6. The van der Waals surface area contributed by atoms with Crippen LogP contribution in [-0.4, -0.2) is 59.1 Å². The molecule has 0 fully saturated rings. The van der Waals surface area contributed by atoms with Gasteiger partial charge in [0.15, 0.2) is 0 Å². The molecule has 0 spiro atoms. The third kappa shape index (κ3) is 7.87. The van der Waals surface area contributed by atoms with Gasteiger partial charge in [0.2, 0.25) is 11.8 Å². The largest absolute Gasteiger partial charge is 0.480 e. The van der Waals surface area contributed by atoms with Gasteiger partial charge in [-0.15, -0.1) is 0 Å². The van der Waals surface area contributed by atoms with Crippen LogP contribution in [-0.2, 0) is 14.4 Å². The number of carbonyl (C=O) groups excluding carboxylic acids is 2. The third-order valence-electron chi connectivity index (χ3n) is 2.91. The Balaban J connectivity index is 4.60. The number of hydrogen-bond acceptors (Lipinski definition) is 7. The molecule has 0 bridgehead atoms. The zero-order valence-corrected chi connectivity index (χ0v) is 14.0. The Morgan fingerprint density at radius 2 is 1.59 bits per heavy atom. The molecule has 3 atom stereocenters. The van der Waals surface area contributed by atoms with Gasteiger partial charge in [-0.25, -0.2) is 4.79 Å². The summed E-state index contributed by atoms with van der Waals surface area (Å²) in [6, 6.07) is -2.84. The van der Waals surface area contributed by atoms with E-state index in [0.29, 0.717) is 19.4 Å². The number of nitrogens with two attached hydrogens (primary N) is 2. The summed E-state index contributed by atoms with van der Waals surface area (Å²) in [6.45, 7) is 0.456. The van der Waals surface area contributed by atoms with Crippen LogP contribution in [0.15, 0.2) is 0 Å². The van der Waals surface area contributed by atoms with Crippen molar-refractivity contribution in [3.63, 3.8) is 0 Å². The average Bonchev–Trinajstić information content (AvgIpc) is 2.50. The quantitative estimate of drug-likeness (QED) is 0.175. The SMILES string of the molecule is NCCCCC(NC(=O)C(CS)NC(=O)C(N)CS)C(=O)O. The molecule has 0 aromatic carbocycles. The first kappa shape index (κ1) is 21.0. The number of rotatable bonds is 11. The summed E-state index contributed by atoms with van der Waals surface area (Å²) in [5.41, 5.74) is 10.8. The van der Waals surface area contributed by atoms with Gasteiger partial charge in [0, 0.05) is 11.5 Å². The van der Waals surface area contributed by atoms with Crippen LogP contribution < -0.4 is 22.1 Å². The summed E-state index contributed by atoms with van der Waals surface area (Å²) in [7, 11) is 0. The molecule has 2 amide bonds. The van der Waals surface area contributed by atoms with Crippen molar-refractivity contribution >= 4 is 43.0 Å². The van der Waals surface area contributed by atoms with Gasteiger partial charge < -0.3 is 27.2 Å². The monoisotopic (exact) mass is 352 g/mol. The fourth-order valence-corrected chi connectivity index (χ4v) is 2.00. The number of carboxylic acids is 1. The highest BCUT2D eigenvalue weighted by Crippen LogP contribution is 2.02. The van der Waals surface area contributed by atoms with Crippen molar-refractivity contribution in [2.45, 2.75) is 37.4 Å². The average molecular weight is 352 g/mol. The first-order valence-corrected chi connectivity index (χ1v) is 8.14. The van der Waals surface area contributed by atoms with Gasteiger partial charge in [0.25, 0.3) is 0 Å². The van der Waals surface area contributed by atoms with Crippen molar-refractivity contribution in [3.05, 3.63) is 0 Å². The van der Waals surface area contributed by atoms with Crippen LogP contribution in [0.2, 0.25) is 0 Å². The second-order valence-corrected chi connectivity index (χ2v) is 5.45. The zero-order chi connectivity index (χ0) is 17.1. The van der Waals surface area contributed by atoms with Gasteiger partial charge in [-0.3, -0.25) is 9.59 Å². The molecular weight excluding hydrogens is 328 g/mol. The third-order valence-corrected chi connectivity index (χ3v) is 3.67. The summed E-state index contributed by atoms with van der Waals surface area (Å²) < 4.78 is 0. The zero-order valence-electron chi connectivity index (χ0n) is 12.2. The Bertz CT molecular complexity index is 384. The van der Waals surface area contributed by atoms with Crippen molar-refractivity contribution in [2.24, 2.45) is 11.5 Å². The van der Waals surface area contributed by atoms with E-state index >= 15 is 0 Å². The summed E-state index contributed by atoms with van der Waals surface area (Å²) >= 11 is 7.88. The van der Waals surface area contributed by atoms with Crippen molar-refractivity contribution in [1.29, 1.82) is 0 Å². The predicted octanol–water partition coefficient (Wildman–Crippen LogP) is -1.64. The van der Waals surface area contributed by atoms with Crippen LogP contribution in [0.1, 0.15) is 19.3 Å². The van der Waals surface area contributed by atoms with Gasteiger partial charge in [0.1, 0.15) is 12.1 Å². The molecular formula is C12H24N4O4S2. The number of nitrogens with one attached hydrogen (secondary N) is 2. The van der Waals surface area contributed by atoms with Crippen LogP contribution in [0, 0.1) is 0 Å². The molecule has 7 N–H and O–H groups in total. The van der Waals surface area contributed by atoms with Gasteiger partial charge in [0.05, 0.1) is 6.04 Å². The maximum Gasteiger partial charge on any atom is 0.326 e. The normalized spacial score (nSPS) is 14.7. The molecule has 0 saturated heterocycles. The fraction of sp³-hybridized carbons (Fsp3) is 0.750. The van der Waals surface area contributed by atoms with Gasteiger partial charge in [-0.1, -0.05) is 0 Å². The molecule has 10 heteroatoms. The van der Waals surface area contributed by atoms with E-state index in [4.69, 9.17) is 16.6 Å². The highest BCUT2D eigenvalue weighted by atomic mass is 32.1. The molecule has 0 aliphatic carbocycles. The van der Waals surface area contributed by atoms with Crippen molar-refractivity contribution in [2.75, 3.05) is 18.1 Å². The maximum absolute atomic E-state index is 12.0. The van der Waals surface area contributed by atoms with E-state index in [9.17, 15) is 14.4 Å². The summed E-state index contributed by atoms with van der Waals surface area (Å²) in [5, 5.41) is 13.9. The van der Waals surface area contributed by atoms with E-state index < -0.39 is 35.9 Å². The second-order valence-electron chi connectivity index (χ2n) is 4.72. The number of thiol groups is 2. The topological polar surface area (TPSA) is 148 Å². The van der Waals surface area contributed by atoms with Gasteiger partial charge >= 0.3 is 5.97 Å². The number of carboxylic acid groups (broad SMARTS) is 1. The first-order valence-electron chi connectivity index (χ1n) is 6.88. The molecule has 0 aromatic rings. The van der Waals surface area contributed by atoms with E-state index in [1.165, 1.54) is 0 Å². The summed E-state index contributed by atoms with van der Waals surface area (Å²) in [4.78, 5) is 34.8. The van der Waals surface area contributed by atoms with E-state index in [2.05, 4.69) is 35.9 Å². The first-order chi connectivity index (χ1) is 10.4. The predicted molar refractivity (Wildman–Crippen MR) is 90.1 cm³/mol. The minimum Gasteiger partial charge on any atom is -0.480 e. The van der Waals surface area contributed by atoms with Gasteiger partial charge in [-0.05, 0) is 25.8 Å². The lowest BCUT2D eigenvalue weighted by molar-refractivity contribution is -0.142. The lowest BCUT2D eigenvalue weighted by atomic mass is 10.1. The molecule has 0 aliphatic heterocycles. The van der Waals surface area contributed by atoms with E-state index in [1.54, 1.807) is 0 Å². The molecule has 0 aliphatic rings. The molecule has 0 saturated carbocycles. The lowest BCUT2D eigenvalue weighted by Gasteiger charge is -2.21. The van der Waals surface area contributed by atoms with Crippen LogP contribution in [0.5, 0.6) is 0 Å². The molecule has 0 aromatic heterocycles. The van der Waals surface area contributed by atoms with Crippen LogP contribution in [0.3, 0.4) is 0 Å². The Kier molecular flexibility index (Phi) is 11.1. The highest BCUT2D eigenvalue weighted by molar-refractivity contribution is 7.80. The Morgan fingerprint density at radius 3 is 2.05 bits per heavy atom. The Hall–Kier alpha value is -0.970. The molecule has 0 heterocycles. The lowest BCUT2D eigenvalue weighted by Crippen LogP contribution is -2.55. The van der Waals surface area contributed by atoms with E-state index in [1.807, 2.05) is 0 Å². The minimum absolute atomic E-state index is 0.0198. The Morgan fingerprint density at radius 1 is 1.00 bits per heavy atom. The smallest absolute Gasteiger partial charge is 0.326 e. The number of carbonyl (C=O) groups is 3. The van der Waals surface area contributed by atoms with Crippen LogP contribution in [0.25, 0.3) is 0 Å². The fourth-order valence-electron chi connectivity index (χ4n) is 1.58. The number of aliphatic carboxylic acids is 1. The number of amides is 2. The van der Waals surface area contributed by atoms with Crippen molar-refractivity contribution in [3.8, 4) is 0 Å². The maximum atomic E-state index is 12.0. The number of unbranched alkanes of at least 4 members (excludes halogenated alkanes) is 1. The minimum atomic E-state index is -1.14. The summed E-state index contributed by atoms with van der Waals surface area (Å²) in [6.07, 6.45) is 1.51. The van der Waals surface area contributed by atoms with Crippen LogP contribution >= 0.6 is 25.3 Å². The molecule has 22 heavy (non-hydrogen) atoms. The molecule has 0 rings (SSSR count). The Labute approximate surface area is 140 Å². The number of hydrogen-bond donors (Lipinski definition) is 7. The molecule has 128 valence electrons. The van der Waals surface area contributed by atoms with E-state index in [-0.39, 0.29) is 17.9 Å². The standard InChI is InChI=1S/C12H24N4O4S2/c13-4-2-1-3-8(12(19)20)15-11(18)9(6-22)16-10(17)7(14)5-21/h7-9,21-22H,1-6,13-14H2,(H,15,18)(H,16,17)(H,19,20). The van der Waals surface area contributed by atoms with Crippen molar-refractivity contribution in [1.82, 2.24) is 10.6 Å². The van der Waals surface area contributed by atoms with Gasteiger partial charge in [-0.2, -0.15) is 25.3 Å². The summed E-state index contributed by atoms with van der Waals surface area (Å²) in [5.74, 6) is -2.15. The van der Waals surface area contributed by atoms with Crippen molar-refractivity contribution < 1.29 is 19.5 Å². The molecule has 3 unspecified atom stereocenters. The van der Waals surface area contributed by atoms with E-state index in [0.717, 1.165) is 0 Å². The van der Waals surface area contributed by atoms with Crippen LogP contribution in [0.4, 0.5) is 0 Å². The molecule has 8 nitrogen and oxygen atoms in total. The molecule has 0 radical (unpaired) electrons. The highest BCUT2D eigenvalue weighted by Gasteiger charge is 2.26.